The molecule has 1 aliphatic rings. The highest BCUT2D eigenvalue weighted by Gasteiger charge is 2.31. The molecule has 0 saturated carbocycles. The monoisotopic (exact) mass is 445 g/mol. The molecule has 172 valence electrons. The molecule has 3 amide bonds. The number of rotatable bonds is 7. The third-order valence-corrected chi connectivity index (χ3v) is 5.28. The van der Waals surface area contributed by atoms with Crippen molar-refractivity contribution in [3.05, 3.63) is 47.5 Å². The van der Waals surface area contributed by atoms with Crippen molar-refractivity contribution in [2.75, 3.05) is 38.0 Å². The second-order valence-electron chi connectivity index (χ2n) is 8.15. The van der Waals surface area contributed by atoms with Crippen molar-refractivity contribution in [1.82, 2.24) is 20.3 Å². The molecule has 1 aliphatic heterocycles. The number of halogens is 1. The molecule has 2 aromatic rings. The van der Waals surface area contributed by atoms with Crippen molar-refractivity contribution in [2.24, 2.45) is 5.92 Å². The van der Waals surface area contributed by atoms with E-state index in [1.165, 1.54) is 18.2 Å². The average molecular weight is 445 g/mol. The topological polar surface area (TPSA) is 108 Å². The van der Waals surface area contributed by atoms with Crippen molar-refractivity contribution in [3.63, 3.8) is 0 Å². The fourth-order valence-electron chi connectivity index (χ4n) is 3.51. The Morgan fingerprint density at radius 2 is 1.84 bits per heavy atom. The highest BCUT2D eigenvalue weighted by atomic mass is 19.1. The van der Waals surface area contributed by atoms with E-state index in [-0.39, 0.29) is 29.8 Å². The highest BCUT2D eigenvalue weighted by Crippen LogP contribution is 2.13. The number of nitrogens with zero attached hydrogens (tertiary/aromatic N) is 3. The van der Waals surface area contributed by atoms with Crippen LogP contribution in [0.4, 0.5) is 10.2 Å². The number of benzene rings is 1. The first-order valence-corrected chi connectivity index (χ1v) is 10.5. The van der Waals surface area contributed by atoms with E-state index >= 15 is 0 Å². The minimum Gasteiger partial charge on any atom is -0.360 e. The maximum Gasteiger partial charge on any atom is 0.254 e. The molecule has 2 heterocycles. The van der Waals surface area contributed by atoms with Crippen molar-refractivity contribution >= 4 is 23.5 Å². The molecule has 0 bridgehead atoms. The lowest BCUT2D eigenvalue weighted by molar-refractivity contribution is -0.136. The van der Waals surface area contributed by atoms with Crippen LogP contribution in [0.15, 0.2) is 34.9 Å². The molecule has 1 aromatic carbocycles. The molecule has 2 N–H and O–H groups in total. The van der Waals surface area contributed by atoms with E-state index in [0.717, 1.165) is 0 Å². The number of carbonyl (C=O) groups is 3. The summed E-state index contributed by atoms with van der Waals surface area (Å²) < 4.78 is 18.9. The number of anilines is 1. The minimum absolute atomic E-state index is 0.0934. The third-order valence-electron chi connectivity index (χ3n) is 5.28. The maximum absolute atomic E-state index is 13.9. The molecule has 1 saturated heterocycles. The highest BCUT2D eigenvalue weighted by molar-refractivity contribution is 5.97. The van der Waals surface area contributed by atoms with Crippen LogP contribution < -0.4 is 10.6 Å². The van der Waals surface area contributed by atoms with Gasteiger partial charge >= 0.3 is 0 Å². The van der Waals surface area contributed by atoms with Crippen LogP contribution in [0.2, 0.25) is 0 Å². The van der Waals surface area contributed by atoms with Crippen molar-refractivity contribution < 1.29 is 23.3 Å². The van der Waals surface area contributed by atoms with Gasteiger partial charge in [-0.1, -0.05) is 31.1 Å². The molecular weight excluding hydrogens is 417 g/mol. The Bertz CT molecular complexity index is 969. The number of hydrogen-bond donors (Lipinski definition) is 2. The largest absolute Gasteiger partial charge is 0.360 e. The van der Waals surface area contributed by atoms with E-state index in [0.29, 0.717) is 37.8 Å². The lowest BCUT2D eigenvalue weighted by atomic mass is 10.0. The Morgan fingerprint density at radius 3 is 2.44 bits per heavy atom. The molecule has 0 unspecified atom stereocenters. The van der Waals surface area contributed by atoms with Crippen LogP contribution in [-0.2, 0) is 9.59 Å². The van der Waals surface area contributed by atoms with E-state index in [1.54, 1.807) is 24.0 Å². The van der Waals surface area contributed by atoms with Gasteiger partial charge in [0.15, 0.2) is 5.82 Å². The lowest BCUT2D eigenvalue weighted by Gasteiger charge is -2.37. The number of nitrogens with one attached hydrogen (secondary N) is 2. The van der Waals surface area contributed by atoms with E-state index in [9.17, 15) is 18.8 Å². The number of amides is 3. The Kier molecular flexibility index (Phi) is 7.57. The Hall–Kier alpha value is -3.27. The van der Waals surface area contributed by atoms with Crippen molar-refractivity contribution in [2.45, 2.75) is 26.8 Å². The van der Waals surface area contributed by atoms with Gasteiger partial charge in [-0.2, -0.15) is 0 Å². The molecule has 1 aromatic heterocycles. The summed E-state index contributed by atoms with van der Waals surface area (Å²) >= 11 is 0. The zero-order valence-electron chi connectivity index (χ0n) is 18.4. The Labute approximate surface area is 185 Å². The molecule has 0 aliphatic carbocycles. The van der Waals surface area contributed by atoms with Crippen LogP contribution in [0, 0.1) is 18.7 Å². The summed E-state index contributed by atoms with van der Waals surface area (Å²) in [6.07, 6.45) is 0. The number of aryl methyl sites for hydroxylation is 1. The second kappa shape index (κ2) is 10.4. The van der Waals surface area contributed by atoms with Crippen LogP contribution in [0.1, 0.15) is 30.0 Å². The van der Waals surface area contributed by atoms with Crippen molar-refractivity contribution in [1.29, 1.82) is 0 Å². The number of carbonyl (C=O) groups excluding carboxylic acids is 3. The molecule has 10 heteroatoms. The molecule has 1 fully saturated rings. The van der Waals surface area contributed by atoms with Gasteiger partial charge in [0.1, 0.15) is 17.6 Å². The summed E-state index contributed by atoms with van der Waals surface area (Å²) in [5, 5.41) is 9.09. The van der Waals surface area contributed by atoms with Crippen LogP contribution in [-0.4, -0.2) is 71.4 Å². The Balaban J connectivity index is 1.52. The number of aromatic nitrogens is 1. The summed E-state index contributed by atoms with van der Waals surface area (Å²) in [7, 11) is 0. The summed E-state index contributed by atoms with van der Waals surface area (Å²) in [4.78, 5) is 41.4. The molecule has 0 radical (unpaired) electrons. The van der Waals surface area contributed by atoms with Crippen molar-refractivity contribution in [3.8, 4) is 0 Å². The lowest BCUT2D eigenvalue weighted by Crippen LogP contribution is -2.57. The third kappa shape index (κ3) is 5.91. The maximum atomic E-state index is 13.9. The zero-order valence-corrected chi connectivity index (χ0v) is 18.4. The van der Waals surface area contributed by atoms with Gasteiger partial charge in [0.25, 0.3) is 5.91 Å². The molecule has 1 atom stereocenters. The zero-order chi connectivity index (χ0) is 23.3. The van der Waals surface area contributed by atoms with Gasteiger partial charge in [-0.05, 0) is 25.0 Å². The summed E-state index contributed by atoms with van der Waals surface area (Å²) in [5.41, 5.74) is -0.0934. The van der Waals surface area contributed by atoms with Crippen LogP contribution >= 0.6 is 0 Å². The van der Waals surface area contributed by atoms with Crippen LogP contribution in [0.25, 0.3) is 0 Å². The predicted molar refractivity (Wildman–Crippen MR) is 115 cm³/mol. The Morgan fingerprint density at radius 1 is 1.16 bits per heavy atom. The second-order valence-corrected chi connectivity index (χ2v) is 8.15. The first-order valence-electron chi connectivity index (χ1n) is 10.5. The smallest absolute Gasteiger partial charge is 0.254 e. The predicted octanol–water partition coefficient (Wildman–Crippen LogP) is 1.66. The first kappa shape index (κ1) is 23.4. The summed E-state index contributed by atoms with van der Waals surface area (Å²) in [6.45, 7) is 7.45. The molecule has 9 nitrogen and oxygen atoms in total. The molecular formula is C22H28FN5O4. The normalized spacial score (nSPS) is 15.5. The van der Waals surface area contributed by atoms with Crippen LogP contribution in [0.3, 0.4) is 0 Å². The quantitative estimate of drug-likeness (QED) is 0.671. The minimum atomic E-state index is -0.771. The SMILES string of the molecule is Cc1cc(NC(=O)CN2CCN(C(=O)[C@@H](NC(=O)c3ccccc3F)C(C)C)CC2)no1. The van der Waals surface area contributed by atoms with Gasteiger partial charge in [-0.3, -0.25) is 19.3 Å². The van der Waals surface area contributed by atoms with E-state index in [2.05, 4.69) is 15.8 Å². The molecule has 0 spiro atoms. The number of piperazine rings is 1. The van der Waals surface area contributed by atoms with Gasteiger partial charge in [-0.15, -0.1) is 0 Å². The molecule has 3 rings (SSSR count). The van der Waals surface area contributed by atoms with E-state index in [4.69, 9.17) is 4.52 Å². The summed E-state index contributed by atoms with van der Waals surface area (Å²) in [5.74, 6) is -0.878. The van der Waals surface area contributed by atoms with Crippen LogP contribution in [0.5, 0.6) is 0 Å². The fraction of sp³-hybridized carbons (Fsp3) is 0.455. The van der Waals surface area contributed by atoms with Gasteiger partial charge < -0.3 is 20.1 Å². The van der Waals surface area contributed by atoms with Gasteiger partial charge in [-0.25, -0.2) is 4.39 Å². The van der Waals surface area contributed by atoms with E-state index < -0.39 is 17.8 Å². The van der Waals surface area contributed by atoms with E-state index in [1.807, 2.05) is 18.7 Å². The fourth-order valence-corrected chi connectivity index (χ4v) is 3.51. The first-order chi connectivity index (χ1) is 15.2. The van der Waals surface area contributed by atoms with Gasteiger partial charge in [0, 0.05) is 32.2 Å². The summed E-state index contributed by atoms with van der Waals surface area (Å²) in [6, 6.07) is 6.53. The molecule has 32 heavy (non-hydrogen) atoms. The number of hydrogen-bond acceptors (Lipinski definition) is 6. The van der Waals surface area contributed by atoms with Gasteiger partial charge in [0.05, 0.1) is 12.1 Å². The standard InChI is InChI=1S/C22H28FN5O4/c1-14(2)20(25-21(30)16-6-4-5-7-17(16)23)22(31)28-10-8-27(9-11-28)13-19(29)24-18-12-15(3)32-26-18/h4-7,12,14,20H,8-11,13H2,1-3H3,(H,25,30)(H,24,26,29)/t20-/m0/s1. The average Bonchev–Trinajstić information content (AvgIpc) is 3.16. The van der Waals surface area contributed by atoms with Gasteiger partial charge in [0.2, 0.25) is 11.8 Å².